The third-order valence-electron chi connectivity index (χ3n) is 5.46. The number of aryl methyl sites for hydroxylation is 1. The number of anilines is 3. The molecule has 0 aliphatic carbocycles. The molecule has 0 spiro atoms. The Labute approximate surface area is 189 Å². The van der Waals surface area contributed by atoms with Crippen LogP contribution >= 0.6 is 0 Å². The Morgan fingerprint density at radius 1 is 1.12 bits per heavy atom. The van der Waals surface area contributed by atoms with Gasteiger partial charge in [-0.3, -0.25) is 4.79 Å². The monoisotopic (exact) mass is 454 g/mol. The van der Waals surface area contributed by atoms with E-state index < -0.39 is 23.8 Å². The second-order valence-electron chi connectivity index (χ2n) is 7.89. The Hall–Kier alpha value is -3.95. The first kappa shape index (κ1) is 22.3. The number of aromatic nitrogens is 2. The van der Waals surface area contributed by atoms with Gasteiger partial charge < -0.3 is 20.5 Å². The van der Waals surface area contributed by atoms with Crippen molar-refractivity contribution in [2.75, 3.05) is 22.3 Å². The number of imidazole rings is 1. The van der Waals surface area contributed by atoms with Gasteiger partial charge in [-0.25, -0.2) is 14.2 Å². The molecular formula is C23H24F2N6O2. The van der Waals surface area contributed by atoms with Gasteiger partial charge in [0.1, 0.15) is 11.5 Å². The van der Waals surface area contributed by atoms with Gasteiger partial charge >= 0.3 is 6.03 Å². The van der Waals surface area contributed by atoms with Crippen molar-refractivity contribution in [3.05, 3.63) is 71.3 Å². The van der Waals surface area contributed by atoms with Crippen LogP contribution in [0.4, 0.5) is 31.0 Å². The van der Waals surface area contributed by atoms with Crippen LogP contribution in [0.1, 0.15) is 41.0 Å². The number of carbonyl (C=O) groups is 2. The maximum atomic E-state index is 13.9. The maximum Gasteiger partial charge on any atom is 0.319 e. The lowest BCUT2D eigenvalue weighted by molar-refractivity contribution is 0.101. The summed E-state index contributed by atoms with van der Waals surface area (Å²) in [5.41, 5.74) is 2.77. The first-order chi connectivity index (χ1) is 15.8. The van der Waals surface area contributed by atoms with Crippen LogP contribution in [-0.4, -0.2) is 28.0 Å². The molecule has 3 amide bonds. The average Bonchev–Trinajstić information content (AvgIpc) is 3.21. The third-order valence-corrected chi connectivity index (χ3v) is 5.46. The van der Waals surface area contributed by atoms with E-state index in [1.54, 1.807) is 23.6 Å². The number of benzene rings is 2. The fourth-order valence-electron chi connectivity index (χ4n) is 3.67. The third kappa shape index (κ3) is 4.94. The Balaban J connectivity index is 1.45. The zero-order chi connectivity index (χ0) is 23.5. The van der Waals surface area contributed by atoms with Crippen molar-refractivity contribution < 1.29 is 18.5 Å². The SMILES string of the molecule is Cc1ccc([C@H](C)NC(=O)Nc2cccc(F)c2)cc1NC(=O)c1cnc2n1CCCN2F. The van der Waals surface area contributed by atoms with Crippen LogP contribution in [0.15, 0.2) is 48.7 Å². The molecule has 4 rings (SSSR count). The van der Waals surface area contributed by atoms with E-state index in [1.165, 1.54) is 24.4 Å². The van der Waals surface area contributed by atoms with E-state index in [4.69, 9.17) is 0 Å². The van der Waals surface area contributed by atoms with Crippen molar-refractivity contribution in [1.29, 1.82) is 0 Å². The number of carbonyl (C=O) groups excluding carboxylic acids is 2. The second-order valence-corrected chi connectivity index (χ2v) is 7.89. The van der Waals surface area contributed by atoms with Crippen molar-refractivity contribution in [2.24, 2.45) is 0 Å². The summed E-state index contributed by atoms with van der Waals surface area (Å²) in [7, 11) is 0. The molecule has 1 aliphatic heterocycles. The summed E-state index contributed by atoms with van der Waals surface area (Å²) in [6, 6.07) is 10.2. The van der Waals surface area contributed by atoms with E-state index in [9.17, 15) is 18.5 Å². The highest BCUT2D eigenvalue weighted by Gasteiger charge is 2.24. The zero-order valence-corrected chi connectivity index (χ0v) is 18.2. The van der Waals surface area contributed by atoms with Gasteiger partial charge in [0.05, 0.1) is 18.8 Å². The quantitative estimate of drug-likeness (QED) is 0.493. The second kappa shape index (κ2) is 9.27. The van der Waals surface area contributed by atoms with Gasteiger partial charge in [0, 0.05) is 17.9 Å². The van der Waals surface area contributed by atoms with Gasteiger partial charge in [0.2, 0.25) is 5.95 Å². The van der Waals surface area contributed by atoms with Crippen LogP contribution in [0.25, 0.3) is 0 Å². The van der Waals surface area contributed by atoms with Gasteiger partial charge in [0.25, 0.3) is 5.91 Å². The molecule has 0 saturated heterocycles. The molecule has 0 radical (unpaired) electrons. The molecule has 10 heteroatoms. The van der Waals surface area contributed by atoms with Gasteiger partial charge in [-0.15, -0.1) is 0 Å². The van der Waals surface area contributed by atoms with Gasteiger partial charge in [-0.05, 0) is 55.7 Å². The summed E-state index contributed by atoms with van der Waals surface area (Å²) in [6.45, 7) is 4.41. The number of fused-ring (bicyclic) bond motifs is 1. The number of nitrogens with one attached hydrogen (secondary N) is 3. The number of urea groups is 1. The van der Waals surface area contributed by atoms with Crippen LogP contribution in [0.2, 0.25) is 0 Å². The fraction of sp³-hybridized carbons (Fsp3) is 0.261. The lowest BCUT2D eigenvalue weighted by atomic mass is 10.0. The Bertz CT molecular complexity index is 1200. The molecule has 1 atom stereocenters. The van der Waals surface area contributed by atoms with Crippen LogP contribution in [0, 0.1) is 12.7 Å². The molecule has 0 fully saturated rings. The summed E-state index contributed by atoms with van der Waals surface area (Å²) in [6.07, 6.45) is 1.94. The lowest BCUT2D eigenvalue weighted by Gasteiger charge is -2.22. The molecule has 0 saturated carbocycles. The van der Waals surface area contributed by atoms with Crippen molar-refractivity contribution in [3.63, 3.8) is 0 Å². The largest absolute Gasteiger partial charge is 0.331 e. The highest BCUT2D eigenvalue weighted by atomic mass is 19.2. The van der Waals surface area contributed by atoms with Gasteiger partial charge in [0.15, 0.2) is 0 Å². The van der Waals surface area contributed by atoms with E-state index >= 15 is 0 Å². The Kier molecular flexibility index (Phi) is 6.25. The van der Waals surface area contributed by atoms with E-state index in [1.807, 2.05) is 19.1 Å². The van der Waals surface area contributed by atoms with E-state index in [-0.39, 0.29) is 18.2 Å². The Morgan fingerprint density at radius 2 is 1.94 bits per heavy atom. The van der Waals surface area contributed by atoms with Crippen molar-refractivity contribution in [2.45, 2.75) is 32.9 Å². The smallest absolute Gasteiger partial charge is 0.319 e. The van der Waals surface area contributed by atoms with Crippen LogP contribution in [0.5, 0.6) is 0 Å². The molecular weight excluding hydrogens is 430 g/mol. The topological polar surface area (TPSA) is 91.3 Å². The van der Waals surface area contributed by atoms with E-state index in [2.05, 4.69) is 20.9 Å². The summed E-state index contributed by atoms with van der Waals surface area (Å²) >= 11 is 0. The molecule has 172 valence electrons. The lowest BCUT2D eigenvalue weighted by Crippen LogP contribution is -2.31. The molecule has 3 aromatic rings. The fourth-order valence-corrected chi connectivity index (χ4v) is 3.67. The minimum atomic E-state index is -0.485. The molecule has 2 aromatic carbocycles. The summed E-state index contributed by atoms with van der Waals surface area (Å²) < 4.78 is 28.8. The minimum Gasteiger partial charge on any atom is -0.331 e. The highest BCUT2D eigenvalue weighted by Crippen LogP contribution is 2.25. The number of nitrogens with zero attached hydrogens (tertiary/aromatic N) is 3. The normalized spacial score (nSPS) is 13.8. The standard InChI is InChI=1S/C23H24F2N6O2/c1-14-7-8-16(15(2)27-22(33)28-18-6-3-5-17(24)12-18)11-19(14)29-21(32)20-13-26-23-30(20)9-4-10-31(23)25/h3,5-8,11-13,15H,4,9-10H2,1-2H3,(H,29,32)(H2,27,28,33)/t15-/m0/s1. The summed E-state index contributed by atoms with van der Waals surface area (Å²) in [5, 5.41) is 8.78. The number of halogens is 2. The summed E-state index contributed by atoms with van der Waals surface area (Å²) in [5.74, 6) is -0.716. The molecule has 0 unspecified atom stereocenters. The molecule has 8 nitrogen and oxygen atoms in total. The number of hydrogen-bond donors (Lipinski definition) is 3. The highest BCUT2D eigenvalue weighted by molar-refractivity contribution is 6.03. The van der Waals surface area contributed by atoms with Gasteiger partial charge in [-0.2, -0.15) is 5.12 Å². The zero-order valence-electron chi connectivity index (χ0n) is 18.2. The first-order valence-corrected chi connectivity index (χ1v) is 10.6. The number of hydrogen-bond acceptors (Lipinski definition) is 4. The molecule has 3 N–H and O–H groups in total. The minimum absolute atomic E-state index is 0.124. The predicted molar refractivity (Wildman–Crippen MR) is 121 cm³/mol. The van der Waals surface area contributed by atoms with Crippen LogP contribution in [0.3, 0.4) is 0 Å². The number of amides is 3. The molecule has 0 bridgehead atoms. The van der Waals surface area contributed by atoms with Crippen LogP contribution in [-0.2, 0) is 6.54 Å². The van der Waals surface area contributed by atoms with Crippen molar-refractivity contribution >= 4 is 29.3 Å². The predicted octanol–water partition coefficient (Wildman–Crippen LogP) is 4.56. The van der Waals surface area contributed by atoms with Crippen molar-refractivity contribution in [1.82, 2.24) is 14.9 Å². The van der Waals surface area contributed by atoms with Crippen molar-refractivity contribution in [3.8, 4) is 0 Å². The molecule has 1 aliphatic rings. The molecule has 1 aromatic heterocycles. The number of rotatable bonds is 5. The van der Waals surface area contributed by atoms with Gasteiger partial charge in [-0.1, -0.05) is 22.7 Å². The maximum absolute atomic E-state index is 13.9. The Morgan fingerprint density at radius 3 is 2.73 bits per heavy atom. The van der Waals surface area contributed by atoms with E-state index in [0.29, 0.717) is 29.5 Å². The molecule has 33 heavy (non-hydrogen) atoms. The summed E-state index contributed by atoms with van der Waals surface area (Å²) in [4.78, 5) is 29.2. The average molecular weight is 454 g/mol. The molecule has 2 heterocycles. The first-order valence-electron chi connectivity index (χ1n) is 10.6. The van der Waals surface area contributed by atoms with Crippen LogP contribution < -0.4 is 21.1 Å². The van der Waals surface area contributed by atoms with E-state index in [0.717, 1.165) is 11.1 Å².